The molecule has 122 valence electrons. The minimum absolute atomic E-state index is 0.244. The van der Waals surface area contributed by atoms with Crippen molar-refractivity contribution in [2.45, 2.75) is 82.9 Å². The van der Waals surface area contributed by atoms with Gasteiger partial charge in [-0.25, -0.2) is 0 Å². The summed E-state index contributed by atoms with van der Waals surface area (Å²) in [6, 6.07) is 1.41. The molecule has 0 aromatic heterocycles. The summed E-state index contributed by atoms with van der Waals surface area (Å²) in [6.07, 6.45) is 10.6. The van der Waals surface area contributed by atoms with Crippen molar-refractivity contribution in [2.75, 3.05) is 26.2 Å². The maximum absolute atomic E-state index is 6.21. The van der Waals surface area contributed by atoms with Crippen LogP contribution in [0.15, 0.2) is 0 Å². The highest BCUT2D eigenvalue weighted by Gasteiger charge is 2.38. The van der Waals surface area contributed by atoms with Crippen molar-refractivity contribution in [3.8, 4) is 0 Å². The summed E-state index contributed by atoms with van der Waals surface area (Å²) in [6.45, 7) is 9.41. The van der Waals surface area contributed by atoms with Gasteiger partial charge in [0.2, 0.25) is 0 Å². The summed E-state index contributed by atoms with van der Waals surface area (Å²) in [5.74, 6) is 0.859. The maximum atomic E-state index is 6.21. The minimum atomic E-state index is 0.244. The lowest BCUT2D eigenvalue weighted by Crippen LogP contribution is -2.49. The highest BCUT2D eigenvalue weighted by molar-refractivity contribution is 4.92. The standard InChI is InChI=1S/C18H34N2O/c1-15(2)20-10-6-16(14-20)13-19-17-7-11-21-18(12-17)8-4-3-5-9-18/h15-17,19H,3-14H2,1-2H3. The molecule has 3 aliphatic rings. The Kier molecular flexibility index (Phi) is 5.23. The smallest absolute Gasteiger partial charge is 0.0697 e. The van der Waals surface area contributed by atoms with Gasteiger partial charge in [-0.2, -0.15) is 0 Å². The Labute approximate surface area is 130 Å². The Morgan fingerprint density at radius 1 is 1.19 bits per heavy atom. The van der Waals surface area contributed by atoms with E-state index < -0.39 is 0 Å². The number of hydrogen-bond acceptors (Lipinski definition) is 3. The monoisotopic (exact) mass is 294 g/mol. The first-order chi connectivity index (χ1) is 10.2. The van der Waals surface area contributed by atoms with E-state index in [1.165, 1.54) is 71.0 Å². The minimum Gasteiger partial charge on any atom is -0.375 e. The van der Waals surface area contributed by atoms with E-state index in [1.807, 2.05) is 0 Å². The van der Waals surface area contributed by atoms with Crippen molar-refractivity contribution in [3.63, 3.8) is 0 Å². The van der Waals surface area contributed by atoms with Gasteiger partial charge >= 0.3 is 0 Å². The van der Waals surface area contributed by atoms with Crippen LogP contribution in [0.25, 0.3) is 0 Å². The van der Waals surface area contributed by atoms with E-state index in [2.05, 4.69) is 24.1 Å². The second kappa shape index (κ2) is 6.97. The number of ether oxygens (including phenoxy) is 1. The molecule has 3 rings (SSSR count). The molecule has 1 spiro atoms. The van der Waals surface area contributed by atoms with Gasteiger partial charge in [0.05, 0.1) is 5.60 Å². The Bertz CT molecular complexity index is 320. The van der Waals surface area contributed by atoms with Crippen LogP contribution in [0.2, 0.25) is 0 Å². The zero-order valence-corrected chi connectivity index (χ0v) is 14.1. The maximum Gasteiger partial charge on any atom is 0.0697 e. The van der Waals surface area contributed by atoms with Crippen LogP contribution < -0.4 is 5.32 Å². The second-order valence-corrected chi connectivity index (χ2v) is 7.93. The van der Waals surface area contributed by atoms with Crippen LogP contribution in [0, 0.1) is 5.92 Å². The van der Waals surface area contributed by atoms with E-state index in [4.69, 9.17) is 4.74 Å². The molecule has 2 heterocycles. The molecule has 0 aromatic carbocycles. The molecule has 21 heavy (non-hydrogen) atoms. The topological polar surface area (TPSA) is 24.5 Å². The van der Waals surface area contributed by atoms with Gasteiger partial charge in [-0.3, -0.25) is 0 Å². The van der Waals surface area contributed by atoms with Crippen LogP contribution in [0.4, 0.5) is 0 Å². The zero-order chi connectivity index (χ0) is 14.7. The molecule has 0 amide bonds. The van der Waals surface area contributed by atoms with E-state index in [0.29, 0.717) is 12.1 Å². The summed E-state index contributed by atoms with van der Waals surface area (Å²) in [5.41, 5.74) is 0.244. The van der Waals surface area contributed by atoms with Crippen LogP contribution in [-0.4, -0.2) is 48.8 Å². The van der Waals surface area contributed by atoms with Crippen molar-refractivity contribution < 1.29 is 4.74 Å². The Balaban J connectivity index is 1.43. The Hall–Kier alpha value is -0.120. The van der Waals surface area contributed by atoms with E-state index in [9.17, 15) is 0 Å². The van der Waals surface area contributed by atoms with E-state index in [1.54, 1.807) is 0 Å². The predicted octanol–water partition coefficient (Wildman–Crippen LogP) is 3.19. The molecule has 2 unspecified atom stereocenters. The molecular formula is C18H34N2O. The van der Waals surface area contributed by atoms with Gasteiger partial charge in [-0.1, -0.05) is 19.3 Å². The van der Waals surface area contributed by atoms with Gasteiger partial charge in [0.15, 0.2) is 0 Å². The van der Waals surface area contributed by atoms with Crippen molar-refractivity contribution in [1.29, 1.82) is 0 Å². The van der Waals surface area contributed by atoms with E-state index in [0.717, 1.165) is 12.5 Å². The van der Waals surface area contributed by atoms with Gasteiger partial charge in [0.1, 0.15) is 0 Å². The number of rotatable bonds is 4. The molecule has 1 N–H and O–H groups in total. The average molecular weight is 294 g/mol. The summed E-state index contributed by atoms with van der Waals surface area (Å²) < 4.78 is 6.21. The molecular weight excluding hydrogens is 260 g/mol. The van der Waals surface area contributed by atoms with Crippen LogP contribution in [0.5, 0.6) is 0 Å². The third-order valence-electron chi connectivity index (χ3n) is 6.00. The fourth-order valence-corrected chi connectivity index (χ4v) is 4.58. The molecule has 3 fully saturated rings. The normalized spacial score (nSPS) is 33.9. The number of nitrogens with one attached hydrogen (secondary N) is 1. The van der Waals surface area contributed by atoms with Gasteiger partial charge in [-0.05, 0) is 65.0 Å². The largest absolute Gasteiger partial charge is 0.375 e. The van der Waals surface area contributed by atoms with Crippen LogP contribution in [0.1, 0.15) is 65.2 Å². The van der Waals surface area contributed by atoms with Crippen molar-refractivity contribution >= 4 is 0 Å². The summed E-state index contributed by atoms with van der Waals surface area (Å²) in [7, 11) is 0. The lowest BCUT2D eigenvalue weighted by Gasteiger charge is -2.44. The van der Waals surface area contributed by atoms with E-state index in [-0.39, 0.29) is 5.60 Å². The third kappa shape index (κ3) is 4.00. The number of likely N-dealkylation sites (tertiary alicyclic amines) is 1. The predicted molar refractivity (Wildman–Crippen MR) is 87.6 cm³/mol. The van der Waals surface area contributed by atoms with Crippen molar-refractivity contribution in [1.82, 2.24) is 10.2 Å². The molecule has 1 aliphatic carbocycles. The Morgan fingerprint density at radius 2 is 2.00 bits per heavy atom. The van der Waals surface area contributed by atoms with Crippen molar-refractivity contribution in [2.24, 2.45) is 5.92 Å². The highest BCUT2D eigenvalue weighted by Crippen LogP contribution is 2.38. The van der Waals surface area contributed by atoms with Gasteiger partial charge in [0.25, 0.3) is 0 Å². The number of nitrogens with zero attached hydrogens (tertiary/aromatic N) is 1. The fraction of sp³-hybridized carbons (Fsp3) is 1.00. The molecule has 3 heteroatoms. The molecule has 0 bridgehead atoms. The molecule has 2 atom stereocenters. The molecule has 3 nitrogen and oxygen atoms in total. The van der Waals surface area contributed by atoms with Gasteiger partial charge in [0, 0.05) is 25.2 Å². The van der Waals surface area contributed by atoms with E-state index >= 15 is 0 Å². The summed E-state index contributed by atoms with van der Waals surface area (Å²) in [5, 5.41) is 3.89. The average Bonchev–Trinajstić information content (AvgIpc) is 2.95. The molecule has 2 aliphatic heterocycles. The zero-order valence-electron chi connectivity index (χ0n) is 14.1. The lowest BCUT2D eigenvalue weighted by molar-refractivity contribution is -0.109. The first kappa shape index (κ1) is 15.8. The van der Waals surface area contributed by atoms with Crippen LogP contribution in [0.3, 0.4) is 0 Å². The summed E-state index contributed by atoms with van der Waals surface area (Å²) >= 11 is 0. The second-order valence-electron chi connectivity index (χ2n) is 7.93. The quantitative estimate of drug-likeness (QED) is 0.862. The molecule has 1 saturated carbocycles. The molecule has 0 aromatic rings. The highest BCUT2D eigenvalue weighted by atomic mass is 16.5. The number of hydrogen-bond donors (Lipinski definition) is 1. The molecule has 0 radical (unpaired) electrons. The third-order valence-corrected chi connectivity index (χ3v) is 6.00. The van der Waals surface area contributed by atoms with Gasteiger partial charge < -0.3 is 15.0 Å². The lowest BCUT2D eigenvalue weighted by atomic mass is 9.78. The Morgan fingerprint density at radius 3 is 2.71 bits per heavy atom. The first-order valence-electron chi connectivity index (χ1n) is 9.28. The first-order valence-corrected chi connectivity index (χ1v) is 9.28. The van der Waals surface area contributed by atoms with Crippen LogP contribution in [-0.2, 0) is 4.74 Å². The fourth-order valence-electron chi connectivity index (χ4n) is 4.58. The SMILES string of the molecule is CC(C)N1CCC(CNC2CCOC3(CCCCC3)C2)C1. The molecule has 2 saturated heterocycles. The van der Waals surface area contributed by atoms with Crippen LogP contribution >= 0.6 is 0 Å². The summed E-state index contributed by atoms with van der Waals surface area (Å²) in [4.78, 5) is 2.62. The van der Waals surface area contributed by atoms with Gasteiger partial charge in [-0.15, -0.1) is 0 Å². The van der Waals surface area contributed by atoms with Crippen molar-refractivity contribution in [3.05, 3.63) is 0 Å².